The van der Waals surface area contributed by atoms with Crippen LogP contribution < -0.4 is 15.8 Å². The molecule has 0 atom stereocenters. The van der Waals surface area contributed by atoms with Crippen LogP contribution in [0.5, 0.6) is 5.75 Å². The van der Waals surface area contributed by atoms with Crippen molar-refractivity contribution in [3.8, 4) is 5.75 Å². The molecule has 0 unspecified atom stereocenters. The Kier molecular flexibility index (Phi) is 4.57. The van der Waals surface area contributed by atoms with E-state index in [4.69, 9.17) is 10.5 Å². The van der Waals surface area contributed by atoms with Gasteiger partial charge in [0.25, 0.3) is 0 Å². The fraction of sp³-hybridized carbons (Fsp3) is 0.200. The van der Waals surface area contributed by atoms with Crippen molar-refractivity contribution in [1.29, 1.82) is 0 Å². The molecule has 0 radical (unpaired) electrons. The Bertz CT molecular complexity index is 582. The van der Waals surface area contributed by atoms with Crippen molar-refractivity contribution in [2.45, 2.75) is 6.18 Å². The molecule has 0 heterocycles. The molecule has 0 aliphatic rings. The highest BCUT2D eigenvalue weighted by atomic mass is 19.4. The maximum absolute atomic E-state index is 12.4. The first-order valence-corrected chi connectivity index (χ1v) is 6.35. The summed E-state index contributed by atoms with van der Waals surface area (Å²) in [5.74, 6) is 0.590. The lowest BCUT2D eigenvalue weighted by molar-refractivity contribution is -0.137. The van der Waals surface area contributed by atoms with Gasteiger partial charge in [-0.15, -0.1) is 0 Å². The molecule has 0 spiro atoms. The second-order valence-corrected chi connectivity index (χ2v) is 4.39. The van der Waals surface area contributed by atoms with Crippen LogP contribution in [0.25, 0.3) is 0 Å². The van der Waals surface area contributed by atoms with Crippen LogP contribution in [-0.2, 0) is 6.18 Å². The van der Waals surface area contributed by atoms with E-state index >= 15 is 0 Å². The normalized spacial score (nSPS) is 11.2. The summed E-state index contributed by atoms with van der Waals surface area (Å²) in [5, 5.41) is 2.98. The predicted molar refractivity (Wildman–Crippen MR) is 76.3 cm³/mol. The highest BCUT2D eigenvalue weighted by Crippen LogP contribution is 2.29. The maximum atomic E-state index is 12.4. The van der Waals surface area contributed by atoms with E-state index in [1.54, 1.807) is 12.1 Å². The molecule has 3 N–H and O–H groups in total. The number of anilines is 2. The highest BCUT2D eigenvalue weighted by Gasteiger charge is 2.29. The van der Waals surface area contributed by atoms with Crippen molar-refractivity contribution >= 4 is 11.4 Å². The Morgan fingerprint density at radius 1 is 1.00 bits per heavy atom. The summed E-state index contributed by atoms with van der Waals surface area (Å²) in [6.07, 6.45) is -4.31. The van der Waals surface area contributed by atoms with Crippen LogP contribution in [0.15, 0.2) is 48.5 Å². The Morgan fingerprint density at radius 2 is 1.67 bits per heavy atom. The van der Waals surface area contributed by atoms with E-state index in [0.717, 1.165) is 12.1 Å². The molecule has 21 heavy (non-hydrogen) atoms. The number of nitrogens with two attached hydrogens (primary N) is 1. The minimum atomic E-state index is -4.31. The number of benzene rings is 2. The zero-order valence-electron chi connectivity index (χ0n) is 11.2. The number of rotatable bonds is 5. The third-order valence-corrected chi connectivity index (χ3v) is 2.82. The molecule has 0 saturated carbocycles. The minimum Gasteiger partial charge on any atom is -0.490 e. The fourth-order valence-electron chi connectivity index (χ4n) is 1.75. The number of ether oxygens (including phenoxy) is 1. The maximum Gasteiger partial charge on any atom is 0.416 e. The molecule has 2 aromatic rings. The Balaban J connectivity index is 1.80. The van der Waals surface area contributed by atoms with E-state index in [9.17, 15) is 13.2 Å². The van der Waals surface area contributed by atoms with Gasteiger partial charge >= 0.3 is 6.18 Å². The molecule has 112 valence electrons. The van der Waals surface area contributed by atoms with Crippen LogP contribution >= 0.6 is 0 Å². The quantitative estimate of drug-likeness (QED) is 0.652. The minimum absolute atomic E-state index is 0.356. The molecule has 6 heteroatoms. The molecule has 0 amide bonds. The van der Waals surface area contributed by atoms with E-state index in [2.05, 4.69) is 5.32 Å². The monoisotopic (exact) mass is 296 g/mol. The average molecular weight is 296 g/mol. The summed E-state index contributed by atoms with van der Waals surface area (Å²) in [4.78, 5) is 0. The number of halogens is 3. The molecular weight excluding hydrogens is 281 g/mol. The second-order valence-electron chi connectivity index (χ2n) is 4.39. The van der Waals surface area contributed by atoms with Gasteiger partial charge in [-0.2, -0.15) is 13.2 Å². The number of alkyl halides is 3. The standard InChI is InChI=1S/C15H15F3N2O/c16-15(17,18)11-5-7-12(8-6-11)20-9-10-21-14-4-2-1-3-13(14)19/h1-8,20H,9-10,19H2. The first-order chi connectivity index (χ1) is 9.97. The number of hydrogen-bond donors (Lipinski definition) is 2. The van der Waals surface area contributed by atoms with Gasteiger partial charge in [0.1, 0.15) is 12.4 Å². The van der Waals surface area contributed by atoms with Crippen LogP contribution in [0.4, 0.5) is 24.5 Å². The number of nitrogens with one attached hydrogen (secondary N) is 1. The first kappa shape index (κ1) is 15.0. The predicted octanol–water partition coefficient (Wildman–Crippen LogP) is 3.78. The van der Waals surface area contributed by atoms with Crippen LogP contribution in [0.1, 0.15) is 5.56 Å². The van der Waals surface area contributed by atoms with Gasteiger partial charge < -0.3 is 15.8 Å². The summed E-state index contributed by atoms with van der Waals surface area (Å²) in [7, 11) is 0. The Hall–Kier alpha value is -2.37. The molecule has 0 aromatic heterocycles. The second kappa shape index (κ2) is 6.39. The molecule has 2 aromatic carbocycles. The van der Waals surface area contributed by atoms with Gasteiger partial charge in [0.05, 0.1) is 11.3 Å². The van der Waals surface area contributed by atoms with Crippen molar-refractivity contribution in [2.75, 3.05) is 24.2 Å². The third kappa shape index (κ3) is 4.30. The molecule has 2 rings (SSSR count). The van der Waals surface area contributed by atoms with Crippen molar-refractivity contribution < 1.29 is 17.9 Å². The fourth-order valence-corrected chi connectivity index (χ4v) is 1.75. The summed E-state index contributed by atoms with van der Waals surface area (Å²) < 4.78 is 42.7. The van der Waals surface area contributed by atoms with Crippen LogP contribution in [0, 0.1) is 0 Å². The molecule has 0 aliphatic carbocycles. The van der Waals surface area contributed by atoms with Gasteiger partial charge in [-0.05, 0) is 36.4 Å². The third-order valence-electron chi connectivity index (χ3n) is 2.82. The van der Waals surface area contributed by atoms with Gasteiger partial charge in [0.2, 0.25) is 0 Å². The summed E-state index contributed by atoms with van der Waals surface area (Å²) in [5.41, 5.74) is 6.21. The van der Waals surface area contributed by atoms with Crippen molar-refractivity contribution in [3.05, 3.63) is 54.1 Å². The zero-order chi connectivity index (χ0) is 15.3. The van der Waals surface area contributed by atoms with Gasteiger partial charge in [-0.25, -0.2) is 0 Å². The topological polar surface area (TPSA) is 47.3 Å². The van der Waals surface area contributed by atoms with E-state index in [0.29, 0.717) is 30.3 Å². The largest absolute Gasteiger partial charge is 0.490 e. The number of hydrogen-bond acceptors (Lipinski definition) is 3. The van der Waals surface area contributed by atoms with E-state index in [1.165, 1.54) is 12.1 Å². The lowest BCUT2D eigenvalue weighted by Crippen LogP contribution is -2.12. The highest BCUT2D eigenvalue weighted by molar-refractivity contribution is 5.51. The average Bonchev–Trinajstić information content (AvgIpc) is 2.45. The summed E-state index contributed by atoms with van der Waals surface area (Å²) in [6, 6.07) is 12.0. The molecule has 0 saturated heterocycles. The smallest absolute Gasteiger partial charge is 0.416 e. The molecular formula is C15H15F3N2O. The summed E-state index contributed by atoms with van der Waals surface area (Å²) in [6.45, 7) is 0.814. The number of para-hydroxylation sites is 2. The lowest BCUT2D eigenvalue weighted by atomic mass is 10.2. The van der Waals surface area contributed by atoms with Crippen molar-refractivity contribution in [2.24, 2.45) is 0 Å². The number of nitrogen functional groups attached to an aromatic ring is 1. The van der Waals surface area contributed by atoms with E-state index in [1.807, 2.05) is 12.1 Å². The molecule has 0 aliphatic heterocycles. The zero-order valence-corrected chi connectivity index (χ0v) is 11.2. The van der Waals surface area contributed by atoms with Crippen LogP contribution in [-0.4, -0.2) is 13.2 Å². The van der Waals surface area contributed by atoms with Gasteiger partial charge in [0.15, 0.2) is 0 Å². The SMILES string of the molecule is Nc1ccccc1OCCNc1ccc(C(F)(F)F)cc1. The van der Waals surface area contributed by atoms with Gasteiger partial charge in [0, 0.05) is 12.2 Å². The molecule has 3 nitrogen and oxygen atoms in total. The van der Waals surface area contributed by atoms with Crippen LogP contribution in [0.2, 0.25) is 0 Å². The molecule has 0 fully saturated rings. The summed E-state index contributed by atoms with van der Waals surface area (Å²) >= 11 is 0. The van der Waals surface area contributed by atoms with Gasteiger partial charge in [-0.1, -0.05) is 12.1 Å². The Labute approximate surface area is 120 Å². The van der Waals surface area contributed by atoms with E-state index in [-0.39, 0.29) is 0 Å². The first-order valence-electron chi connectivity index (χ1n) is 6.35. The Morgan fingerprint density at radius 3 is 2.29 bits per heavy atom. The van der Waals surface area contributed by atoms with Crippen molar-refractivity contribution in [3.63, 3.8) is 0 Å². The lowest BCUT2D eigenvalue weighted by Gasteiger charge is -2.11. The molecule has 0 bridgehead atoms. The van der Waals surface area contributed by atoms with E-state index < -0.39 is 11.7 Å². The van der Waals surface area contributed by atoms with Crippen LogP contribution in [0.3, 0.4) is 0 Å². The van der Waals surface area contributed by atoms with Gasteiger partial charge in [-0.3, -0.25) is 0 Å². The van der Waals surface area contributed by atoms with Crippen molar-refractivity contribution in [1.82, 2.24) is 0 Å².